The molecule has 0 saturated carbocycles. The first-order chi connectivity index (χ1) is 59.6. The van der Waals surface area contributed by atoms with E-state index < -0.39 is 5.41 Å². The summed E-state index contributed by atoms with van der Waals surface area (Å²) in [6, 6.07) is 145. The third kappa shape index (κ3) is 11.7. The maximum atomic E-state index is 13.6. The molecule has 1 aliphatic carbocycles. The molecule has 0 bridgehead atoms. The van der Waals surface area contributed by atoms with E-state index in [9.17, 15) is 9.59 Å². The van der Waals surface area contributed by atoms with Gasteiger partial charge in [-0.25, -0.2) is 15.0 Å². The average Bonchev–Trinajstić information content (AvgIpc) is 1.26. The van der Waals surface area contributed by atoms with Crippen LogP contribution >= 0.6 is 0 Å². The minimum Gasteiger partial charge on any atom is -0.456 e. The normalized spacial score (nSPS) is 13.2. The van der Waals surface area contributed by atoms with Gasteiger partial charge in [-0.05, 0) is 178 Å². The number of hydrogen-bond donors (Lipinski definition) is 0. The van der Waals surface area contributed by atoms with Crippen molar-refractivity contribution in [3.05, 3.63) is 473 Å². The Bertz CT molecular complexity index is 7540. The standard InChI is InChI=1S/C51H33N5.C32H21NO.C28H21NO2/c1-4-14-34(15-5-1)49-52-50(35-16-6-2-7-17-35)54-51(53-49)36-24-28-40(29-25-36)56-46-23-13-11-21-42(46)44-33-38(27-31-48(44)56)37-26-30-47-43(32-37)41-20-10-12-22-45(41)55(47)39-18-8-3-9-19-39;34-31-23-14-4-6-16-25(23)32(26-17-7-5-15-24(26)31)27-18-8-10-20-29(27)33(22-12-2-1-3-13-22)30-21-11-9-19-28(30)32;1-28(2)21-10-4-6-12-23(21)29(24-13-7-5-11-22(24)28)18-15-16-20-26(17-18)31-25-14-8-3-9-19(25)27(20)30/h1-33H;1-21H;3-17H,1-2H3. The van der Waals surface area contributed by atoms with Crippen molar-refractivity contribution < 1.29 is 9.21 Å². The maximum absolute atomic E-state index is 13.6. The lowest BCUT2D eigenvalue weighted by Gasteiger charge is -2.48. The molecule has 10 heteroatoms. The van der Waals surface area contributed by atoms with E-state index in [1.165, 1.54) is 66.0 Å². The maximum Gasteiger partial charge on any atom is 0.200 e. The van der Waals surface area contributed by atoms with Gasteiger partial charge in [-0.2, -0.15) is 0 Å². The van der Waals surface area contributed by atoms with Gasteiger partial charge in [0.05, 0.1) is 61.0 Å². The molecule has 572 valence electrons. The molecule has 17 aromatic carbocycles. The molecular weight excluding hydrogens is 1480 g/mol. The van der Waals surface area contributed by atoms with Crippen LogP contribution in [0.3, 0.4) is 0 Å². The Balaban J connectivity index is 0.000000116. The number of para-hydroxylation sites is 9. The molecule has 2 aliphatic heterocycles. The number of benzene rings is 17. The second kappa shape index (κ2) is 29.1. The van der Waals surface area contributed by atoms with Crippen LogP contribution in [0.4, 0.5) is 34.1 Å². The lowest BCUT2D eigenvalue weighted by molar-refractivity contribution is 0.103. The number of hydrogen-bond acceptors (Lipinski definition) is 8. The van der Waals surface area contributed by atoms with Crippen molar-refractivity contribution in [2.45, 2.75) is 24.7 Å². The lowest BCUT2D eigenvalue weighted by Crippen LogP contribution is -2.42. The summed E-state index contributed by atoms with van der Waals surface area (Å²) in [5.74, 6) is 2.04. The zero-order valence-corrected chi connectivity index (χ0v) is 66.2. The molecule has 21 aromatic rings. The zero-order valence-electron chi connectivity index (χ0n) is 66.2. The molecule has 0 atom stereocenters. The first-order valence-electron chi connectivity index (χ1n) is 41.0. The molecule has 6 heterocycles. The third-order valence-corrected chi connectivity index (χ3v) is 24.5. The van der Waals surface area contributed by atoms with Crippen LogP contribution in [0, 0.1) is 0 Å². The second-order valence-corrected chi connectivity index (χ2v) is 31.6. The largest absolute Gasteiger partial charge is 0.456 e. The van der Waals surface area contributed by atoms with Gasteiger partial charge < -0.3 is 23.4 Å². The smallest absolute Gasteiger partial charge is 0.200 e. The van der Waals surface area contributed by atoms with Gasteiger partial charge in [-0.1, -0.05) is 293 Å². The lowest BCUT2D eigenvalue weighted by atomic mass is 9.57. The summed E-state index contributed by atoms with van der Waals surface area (Å²) < 4.78 is 10.9. The molecule has 0 fully saturated rings. The minimum atomic E-state index is -0.584. The van der Waals surface area contributed by atoms with Gasteiger partial charge in [0, 0.05) is 83.6 Å². The summed E-state index contributed by atoms with van der Waals surface area (Å²) >= 11 is 0. The molecule has 0 radical (unpaired) electrons. The molecule has 0 unspecified atom stereocenters. The van der Waals surface area contributed by atoms with Gasteiger partial charge in [0.1, 0.15) is 11.2 Å². The first kappa shape index (κ1) is 71.6. The van der Waals surface area contributed by atoms with E-state index in [0.717, 1.165) is 95.5 Å². The van der Waals surface area contributed by atoms with Crippen LogP contribution in [0.5, 0.6) is 0 Å². The van der Waals surface area contributed by atoms with E-state index >= 15 is 0 Å². The minimum absolute atomic E-state index is 0.00368. The van der Waals surface area contributed by atoms with Gasteiger partial charge >= 0.3 is 0 Å². The molecule has 3 aliphatic rings. The van der Waals surface area contributed by atoms with Gasteiger partial charge in [0.15, 0.2) is 23.3 Å². The van der Waals surface area contributed by atoms with Gasteiger partial charge in [0.2, 0.25) is 5.43 Å². The number of rotatable bonds is 8. The Morgan fingerprint density at radius 1 is 0.248 bits per heavy atom. The Hall–Kier alpha value is -15.9. The predicted octanol–water partition coefficient (Wildman–Crippen LogP) is 27.2. The van der Waals surface area contributed by atoms with Crippen LogP contribution in [0.15, 0.2) is 428 Å². The molecule has 4 aromatic heterocycles. The molecule has 24 rings (SSSR count). The van der Waals surface area contributed by atoms with Crippen molar-refractivity contribution in [2.24, 2.45) is 0 Å². The highest BCUT2D eigenvalue weighted by Crippen LogP contribution is 2.61. The van der Waals surface area contributed by atoms with Gasteiger partial charge in [-0.3, -0.25) is 9.59 Å². The van der Waals surface area contributed by atoms with E-state index in [2.05, 4.69) is 318 Å². The van der Waals surface area contributed by atoms with Crippen LogP contribution in [-0.4, -0.2) is 29.9 Å². The Labute approximate surface area is 698 Å². The summed E-state index contributed by atoms with van der Waals surface area (Å²) in [4.78, 5) is 46.0. The number of carbonyl (C=O) groups is 1. The number of ketones is 1. The highest BCUT2D eigenvalue weighted by Gasteiger charge is 2.51. The summed E-state index contributed by atoms with van der Waals surface area (Å²) in [6.45, 7) is 4.54. The van der Waals surface area contributed by atoms with E-state index in [4.69, 9.17) is 19.4 Å². The van der Waals surface area contributed by atoms with Crippen LogP contribution in [0.25, 0.3) is 122 Å². The van der Waals surface area contributed by atoms with Crippen molar-refractivity contribution in [2.75, 3.05) is 9.80 Å². The Kier molecular flexibility index (Phi) is 17.2. The summed E-state index contributed by atoms with van der Waals surface area (Å²) in [6.07, 6.45) is 0. The SMILES string of the molecule is CC1(C)c2ccccc2N(c2ccc3c(=O)c4ccccc4oc3c2)c2ccccc21.O=C1c2ccccc2C2(c3ccccc31)c1ccccc1N(c1ccccc1)c1ccccc12.c1ccc(-c2nc(-c3ccccc3)nc(-c3ccc(-n4c5ccccc5c5cc(-c6ccc7c(c6)c6ccccc6n7-c6ccccc6)ccc54)cc3)n2)cc1. The number of fused-ring (bicyclic) bond motifs is 18. The second-order valence-electron chi connectivity index (χ2n) is 31.6. The molecular formula is C111H75N7O3. The van der Waals surface area contributed by atoms with E-state index in [1.54, 1.807) is 0 Å². The molecule has 0 amide bonds. The van der Waals surface area contributed by atoms with E-state index in [0.29, 0.717) is 39.4 Å². The molecule has 0 saturated heterocycles. The van der Waals surface area contributed by atoms with Crippen LogP contribution in [0.1, 0.15) is 63.1 Å². The Morgan fingerprint density at radius 3 is 1.08 bits per heavy atom. The fourth-order valence-electron chi connectivity index (χ4n) is 19.0. The summed E-state index contributed by atoms with van der Waals surface area (Å²) in [5.41, 5.74) is 27.9. The third-order valence-electron chi connectivity index (χ3n) is 24.5. The van der Waals surface area contributed by atoms with Crippen LogP contribution in [0.2, 0.25) is 0 Å². The van der Waals surface area contributed by atoms with Crippen molar-refractivity contribution >= 4 is 105 Å². The summed E-state index contributed by atoms with van der Waals surface area (Å²) in [5, 5.41) is 6.13. The molecule has 10 nitrogen and oxygen atoms in total. The van der Waals surface area contributed by atoms with E-state index in [-0.39, 0.29) is 16.6 Å². The van der Waals surface area contributed by atoms with Crippen LogP contribution in [-0.2, 0) is 10.8 Å². The number of carbonyl (C=O) groups excluding carboxylic acids is 1. The highest BCUT2D eigenvalue weighted by molar-refractivity contribution is 6.16. The predicted molar refractivity (Wildman–Crippen MR) is 493 cm³/mol. The van der Waals surface area contributed by atoms with Crippen LogP contribution < -0.4 is 15.2 Å². The van der Waals surface area contributed by atoms with Crippen molar-refractivity contribution in [3.63, 3.8) is 0 Å². The number of nitrogens with zero attached hydrogens (tertiary/aromatic N) is 7. The molecule has 121 heavy (non-hydrogen) atoms. The van der Waals surface area contributed by atoms with Crippen molar-refractivity contribution in [1.29, 1.82) is 0 Å². The highest BCUT2D eigenvalue weighted by atomic mass is 16.3. The van der Waals surface area contributed by atoms with Gasteiger partial charge in [0.25, 0.3) is 0 Å². The van der Waals surface area contributed by atoms with Gasteiger partial charge in [-0.15, -0.1) is 0 Å². The molecule has 1 spiro atoms. The quantitative estimate of drug-likeness (QED) is 0.139. The van der Waals surface area contributed by atoms with E-state index in [1.807, 2.05) is 133 Å². The number of aromatic nitrogens is 5. The fourth-order valence-corrected chi connectivity index (χ4v) is 19.0. The monoisotopic (exact) mass is 1550 g/mol. The zero-order chi connectivity index (χ0) is 80.9. The first-order valence-corrected chi connectivity index (χ1v) is 41.0. The Morgan fingerprint density at radius 2 is 0.587 bits per heavy atom. The number of anilines is 6. The summed E-state index contributed by atoms with van der Waals surface area (Å²) in [7, 11) is 0. The van der Waals surface area contributed by atoms with Crippen molar-refractivity contribution in [3.8, 4) is 56.7 Å². The average molecular weight is 1550 g/mol. The fraction of sp³-hybridized carbons (Fsp3) is 0.0360. The molecule has 0 N–H and O–H groups in total. The van der Waals surface area contributed by atoms with Crippen molar-refractivity contribution in [1.82, 2.24) is 24.1 Å². The topological polar surface area (TPSA) is 102 Å².